The number of nitrogens with zero attached hydrogens (tertiary/aromatic N) is 3. The number of rotatable bonds is 7. The van der Waals surface area contributed by atoms with Crippen molar-refractivity contribution in [1.82, 2.24) is 15.5 Å². The molecule has 1 aromatic heterocycles. The Balaban J connectivity index is 2.33. The van der Waals surface area contributed by atoms with Crippen molar-refractivity contribution in [2.45, 2.75) is 26.5 Å². The van der Waals surface area contributed by atoms with Crippen LogP contribution in [0.15, 0.2) is 28.1 Å². The molecule has 0 aliphatic rings. The van der Waals surface area contributed by atoms with Crippen LogP contribution < -0.4 is 21.0 Å². The van der Waals surface area contributed by atoms with Crippen molar-refractivity contribution in [3.05, 3.63) is 44.2 Å². The lowest BCUT2D eigenvalue weighted by Crippen LogP contribution is -2.36. The molecule has 0 unspecified atom stereocenters. The van der Waals surface area contributed by atoms with Gasteiger partial charge in [0.25, 0.3) is 11.5 Å². The highest BCUT2D eigenvalue weighted by Gasteiger charge is 2.17. The number of aromatic nitrogens is 2. The van der Waals surface area contributed by atoms with Crippen LogP contribution in [0, 0.1) is 11.3 Å². The summed E-state index contributed by atoms with van der Waals surface area (Å²) >= 11 is 12.4. The molecular formula is C19H18Cl2N6O5. The number of carbonyl (C=O) groups excluding carboxylic acids is 2. The Kier molecular flexibility index (Phi) is 5.91. The van der Waals surface area contributed by atoms with Crippen molar-refractivity contribution in [3.8, 4) is 17.7 Å². The van der Waals surface area contributed by atoms with Crippen LogP contribution in [-0.4, -0.2) is 34.5 Å². The van der Waals surface area contributed by atoms with Crippen LogP contribution in [0.3, 0.4) is 0 Å². The van der Waals surface area contributed by atoms with Gasteiger partial charge in [-0.1, -0.05) is 36.9 Å². The fourth-order valence-corrected chi connectivity index (χ4v) is 2.62. The van der Waals surface area contributed by atoms with E-state index in [1.807, 2.05) is 5.10 Å². The van der Waals surface area contributed by atoms with E-state index >= 15 is 0 Å². The Hall–Kier alpha value is -3.62. The van der Waals surface area contributed by atoms with Crippen LogP contribution in [0.25, 0.3) is 0 Å². The van der Waals surface area contributed by atoms with Crippen molar-refractivity contribution in [3.63, 3.8) is 0 Å². The molecule has 11 nitrogen and oxygen atoms in total. The summed E-state index contributed by atoms with van der Waals surface area (Å²) in [4.78, 5) is 35.5. The van der Waals surface area contributed by atoms with Gasteiger partial charge in [0.1, 0.15) is 6.07 Å². The number of hydrazone groups is 1. The summed E-state index contributed by atoms with van der Waals surface area (Å²) in [6.45, 7) is -4.58. The Morgan fingerprint density at radius 2 is 2.03 bits per heavy atom. The molecule has 1 heterocycles. The third-order valence-electron chi connectivity index (χ3n) is 3.43. The highest BCUT2D eigenvalue weighted by atomic mass is 35.5. The molecule has 0 radical (unpaired) electrons. The van der Waals surface area contributed by atoms with Crippen LogP contribution in [0.5, 0.6) is 11.6 Å². The number of benzene rings is 1. The van der Waals surface area contributed by atoms with E-state index in [2.05, 4.69) is 20.4 Å². The molecule has 168 valence electrons. The quantitative estimate of drug-likeness (QED) is 0.395. The van der Waals surface area contributed by atoms with E-state index in [0.717, 1.165) is 6.07 Å². The lowest BCUT2D eigenvalue weighted by molar-refractivity contribution is -0.114. The van der Waals surface area contributed by atoms with E-state index < -0.39 is 54.3 Å². The number of nitrogens with one attached hydrogen (secondary N) is 3. The maximum absolute atomic E-state index is 12.2. The van der Waals surface area contributed by atoms with Crippen LogP contribution >= 0.6 is 23.2 Å². The van der Waals surface area contributed by atoms with Crippen molar-refractivity contribution in [2.24, 2.45) is 5.10 Å². The number of imide groups is 1. The maximum Gasteiger partial charge on any atom is 0.414 e. The zero-order valence-electron chi connectivity index (χ0n) is 22.2. The predicted octanol–water partition coefficient (Wildman–Crippen LogP) is 3.56. The summed E-state index contributed by atoms with van der Waals surface area (Å²) in [5.41, 5.74) is 0.0557. The first-order valence-corrected chi connectivity index (χ1v) is 9.32. The van der Waals surface area contributed by atoms with E-state index in [9.17, 15) is 14.4 Å². The van der Waals surface area contributed by atoms with Gasteiger partial charge in [0, 0.05) is 19.9 Å². The largest absolute Gasteiger partial charge is 0.450 e. The third kappa shape index (κ3) is 6.44. The van der Waals surface area contributed by atoms with Gasteiger partial charge in [-0.3, -0.25) is 20.3 Å². The van der Waals surface area contributed by atoms with Gasteiger partial charge in [0.05, 0.1) is 22.3 Å². The monoisotopic (exact) mass is 486 g/mol. The predicted molar refractivity (Wildman–Crippen MR) is 117 cm³/mol. The van der Waals surface area contributed by atoms with Gasteiger partial charge in [-0.2, -0.15) is 10.4 Å². The fraction of sp³-hybridized carbons (Fsp3) is 0.263. The molecule has 0 spiro atoms. The molecule has 0 saturated heterocycles. The Bertz CT molecular complexity index is 1320. The van der Waals surface area contributed by atoms with E-state index in [0.29, 0.717) is 0 Å². The van der Waals surface area contributed by atoms with Gasteiger partial charge in [0.15, 0.2) is 5.75 Å². The number of ether oxygens (including phenoxy) is 2. The molecule has 0 aliphatic carbocycles. The number of anilines is 1. The lowest BCUT2D eigenvalue weighted by atomic mass is 10.1. The van der Waals surface area contributed by atoms with Crippen molar-refractivity contribution >= 4 is 46.6 Å². The SMILES string of the molecule is [2H]C([2H])([2H])C(c1cc(Oc2c(Cl)cc(N/N=C(/C#N)C(=O)NC(=O)OCC)cc2Cl)n[nH]c1=O)C([2H])([2H])[2H]. The number of aromatic amines is 1. The second-order valence-electron chi connectivity index (χ2n) is 5.65. The summed E-state index contributed by atoms with van der Waals surface area (Å²) in [5, 5.41) is 19.7. The molecular weight excluding hydrogens is 463 g/mol. The number of hydrogen-bond acceptors (Lipinski definition) is 9. The zero-order valence-corrected chi connectivity index (χ0v) is 17.7. The van der Waals surface area contributed by atoms with E-state index in [1.165, 1.54) is 25.1 Å². The molecule has 0 bridgehead atoms. The van der Waals surface area contributed by atoms with Crippen LogP contribution in [-0.2, 0) is 9.53 Å². The van der Waals surface area contributed by atoms with E-state index in [-0.39, 0.29) is 28.1 Å². The first-order chi connectivity index (χ1) is 17.6. The summed E-state index contributed by atoms with van der Waals surface area (Å²) in [6.07, 6.45) is -1.07. The van der Waals surface area contributed by atoms with E-state index in [1.54, 1.807) is 5.32 Å². The number of carbonyl (C=O) groups is 2. The average molecular weight is 487 g/mol. The van der Waals surface area contributed by atoms with Gasteiger partial charge in [-0.25, -0.2) is 9.89 Å². The van der Waals surface area contributed by atoms with Gasteiger partial charge < -0.3 is 9.47 Å². The molecule has 3 N–H and O–H groups in total. The number of H-pyrrole nitrogens is 1. The Morgan fingerprint density at radius 1 is 1.34 bits per heavy atom. The smallest absolute Gasteiger partial charge is 0.414 e. The minimum Gasteiger partial charge on any atom is -0.450 e. The minimum atomic E-state index is -3.05. The van der Waals surface area contributed by atoms with Crippen molar-refractivity contribution < 1.29 is 27.3 Å². The minimum absolute atomic E-state index is 0.00277. The molecule has 0 aliphatic heterocycles. The zero-order chi connectivity index (χ0) is 28.8. The standard InChI is InChI=1S/C19H18Cl2N6O5/c1-4-31-19(30)23-18(29)14(8-22)25-24-10-5-12(20)16(13(21)6-10)32-15-7-11(9(2)3)17(28)27-26-15/h5-7,9,24H,4H2,1-3H3,(H,27,28)(H,23,29,30)/b25-14-/i2D3,3D3. The molecule has 13 heteroatoms. The molecule has 0 saturated carbocycles. The number of hydrogen-bond donors (Lipinski definition) is 3. The molecule has 32 heavy (non-hydrogen) atoms. The summed E-state index contributed by atoms with van der Waals surface area (Å²) < 4.78 is 55.3. The molecule has 2 aromatic rings. The number of halogens is 2. The fourth-order valence-electron chi connectivity index (χ4n) is 2.06. The van der Waals surface area contributed by atoms with Crippen molar-refractivity contribution in [2.75, 3.05) is 12.0 Å². The molecule has 0 fully saturated rings. The summed E-state index contributed by atoms with van der Waals surface area (Å²) in [7, 11) is 0. The van der Waals surface area contributed by atoms with Crippen molar-refractivity contribution in [1.29, 1.82) is 5.26 Å². The summed E-state index contributed by atoms with van der Waals surface area (Å²) in [5.74, 6) is -3.89. The van der Waals surface area contributed by atoms with Gasteiger partial charge in [-0.05, 0) is 25.0 Å². The molecule has 2 amide bonds. The Morgan fingerprint density at radius 3 is 2.62 bits per heavy atom. The van der Waals surface area contributed by atoms with Gasteiger partial charge >= 0.3 is 6.09 Å². The normalized spacial score (nSPS) is 14.5. The molecule has 2 rings (SSSR count). The first-order valence-electron chi connectivity index (χ1n) is 11.6. The lowest BCUT2D eigenvalue weighted by Gasteiger charge is -2.12. The first kappa shape index (κ1) is 17.0. The highest BCUT2D eigenvalue weighted by Crippen LogP contribution is 2.38. The average Bonchev–Trinajstić information content (AvgIpc) is 2.77. The number of nitriles is 1. The topological polar surface area (TPSA) is 159 Å². The number of amides is 2. The highest BCUT2D eigenvalue weighted by molar-refractivity contribution is 6.47. The van der Waals surface area contributed by atoms with Crippen LogP contribution in [0.1, 0.15) is 40.3 Å². The number of alkyl carbamates (subject to hydrolysis) is 1. The Labute approximate surface area is 200 Å². The maximum atomic E-state index is 12.2. The van der Waals surface area contributed by atoms with E-state index in [4.69, 9.17) is 41.4 Å². The van der Waals surface area contributed by atoms with Gasteiger partial charge in [0.2, 0.25) is 11.6 Å². The molecule has 0 atom stereocenters. The second kappa shape index (κ2) is 11.1. The molecule has 1 aromatic carbocycles. The second-order valence-corrected chi connectivity index (χ2v) is 6.47. The van der Waals surface area contributed by atoms with Gasteiger partial charge in [-0.15, -0.1) is 5.10 Å². The van der Waals surface area contributed by atoms with Crippen LogP contribution in [0.4, 0.5) is 10.5 Å². The third-order valence-corrected chi connectivity index (χ3v) is 4.00. The van der Waals surface area contributed by atoms with Crippen LogP contribution in [0.2, 0.25) is 10.0 Å². The summed E-state index contributed by atoms with van der Waals surface area (Å²) in [6, 6.07) is 4.77.